The molecule has 0 radical (unpaired) electrons. The van der Waals surface area contributed by atoms with Gasteiger partial charge in [0.25, 0.3) is 5.91 Å². The van der Waals surface area contributed by atoms with Crippen molar-refractivity contribution in [2.75, 3.05) is 26.7 Å². The molecule has 2 atom stereocenters. The maximum atomic E-state index is 12.6. The molecule has 0 saturated carbocycles. The Morgan fingerprint density at radius 1 is 1.50 bits per heavy atom. The highest BCUT2D eigenvalue weighted by Crippen LogP contribution is 2.19. The minimum Gasteiger partial charge on any atom is -0.369 e. The summed E-state index contributed by atoms with van der Waals surface area (Å²) in [5, 5.41) is 3.45. The van der Waals surface area contributed by atoms with Crippen LogP contribution >= 0.6 is 0 Å². The molecule has 1 saturated heterocycles. The summed E-state index contributed by atoms with van der Waals surface area (Å²) in [6.45, 7) is 8.70. The van der Waals surface area contributed by atoms with Crippen molar-refractivity contribution in [2.24, 2.45) is 0 Å². The van der Waals surface area contributed by atoms with Crippen LogP contribution in [-0.4, -0.2) is 49.2 Å². The molecule has 18 heavy (non-hydrogen) atoms. The van der Waals surface area contributed by atoms with Crippen LogP contribution in [0.3, 0.4) is 0 Å². The predicted octanol–water partition coefficient (Wildman–Crippen LogP) is 1.79. The Morgan fingerprint density at radius 3 is 2.67 bits per heavy atom. The van der Waals surface area contributed by atoms with Crippen molar-refractivity contribution in [3.05, 3.63) is 0 Å². The molecule has 4 nitrogen and oxygen atoms in total. The standard InChI is InChI=1S/C14H28N2O2/c1-5-10-16(11-12-8-7-9-15-12)13(17)14(3,6-2)18-4/h12,15H,5-11H2,1-4H3. The zero-order valence-corrected chi connectivity index (χ0v) is 12.3. The van der Waals surface area contributed by atoms with E-state index in [2.05, 4.69) is 12.2 Å². The Morgan fingerprint density at radius 2 is 2.22 bits per heavy atom. The van der Waals surface area contributed by atoms with Gasteiger partial charge in [-0.2, -0.15) is 0 Å². The van der Waals surface area contributed by atoms with Crippen LogP contribution < -0.4 is 5.32 Å². The van der Waals surface area contributed by atoms with E-state index in [4.69, 9.17) is 4.74 Å². The molecular formula is C14H28N2O2. The van der Waals surface area contributed by atoms with E-state index in [-0.39, 0.29) is 5.91 Å². The molecule has 1 aliphatic heterocycles. The van der Waals surface area contributed by atoms with E-state index in [0.717, 1.165) is 26.1 Å². The lowest BCUT2D eigenvalue weighted by Gasteiger charge is -2.34. The highest BCUT2D eigenvalue weighted by Gasteiger charge is 2.35. The number of hydrogen-bond donors (Lipinski definition) is 1. The summed E-state index contributed by atoms with van der Waals surface area (Å²) in [4.78, 5) is 14.5. The SMILES string of the molecule is CCCN(CC1CCCN1)C(=O)C(C)(CC)OC. The first-order valence-corrected chi connectivity index (χ1v) is 7.15. The van der Waals surface area contributed by atoms with Crippen LogP contribution in [0.2, 0.25) is 0 Å². The number of amides is 1. The Bertz CT molecular complexity index is 259. The Labute approximate surface area is 111 Å². The first-order valence-electron chi connectivity index (χ1n) is 7.15. The summed E-state index contributed by atoms with van der Waals surface area (Å²) in [5.41, 5.74) is -0.673. The maximum Gasteiger partial charge on any atom is 0.254 e. The minimum atomic E-state index is -0.673. The molecule has 4 heteroatoms. The van der Waals surface area contributed by atoms with E-state index in [9.17, 15) is 4.79 Å². The molecule has 2 unspecified atom stereocenters. The molecule has 1 N–H and O–H groups in total. The molecule has 1 heterocycles. The first kappa shape index (κ1) is 15.4. The summed E-state index contributed by atoms with van der Waals surface area (Å²) in [6.07, 6.45) is 4.08. The van der Waals surface area contributed by atoms with Crippen LogP contribution in [0.15, 0.2) is 0 Å². The minimum absolute atomic E-state index is 0.128. The largest absolute Gasteiger partial charge is 0.369 e. The van der Waals surface area contributed by atoms with E-state index in [0.29, 0.717) is 12.5 Å². The summed E-state index contributed by atoms with van der Waals surface area (Å²) >= 11 is 0. The highest BCUT2D eigenvalue weighted by atomic mass is 16.5. The van der Waals surface area contributed by atoms with E-state index in [1.165, 1.54) is 12.8 Å². The number of nitrogens with zero attached hydrogens (tertiary/aromatic N) is 1. The van der Waals surface area contributed by atoms with Gasteiger partial charge in [0.1, 0.15) is 5.60 Å². The number of rotatable bonds is 7. The number of ether oxygens (including phenoxy) is 1. The van der Waals surface area contributed by atoms with Gasteiger partial charge in [0, 0.05) is 26.2 Å². The molecule has 0 aromatic heterocycles. The fourth-order valence-corrected chi connectivity index (χ4v) is 2.44. The van der Waals surface area contributed by atoms with Crippen LogP contribution in [0.1, 0.15) is 46.5 Å². The lowest BCUT2D eigenvalue weighted by atomic mass is 10.0. The van der Waals surface area contributed by atoms with Crippen molar-refractivity contribution < 1.29 is 9.53 Å². The van der Waals surface area contributed by atoms with Gasteiger partial charge < -0.3 is 15.0 Å². The molecule has 0 aromatic carbocycles. The maximum absolute atomic E-state index is 12.6. The summed E-state index contributed by atoms with van der Waals surface area (Å²) in [5.74, 6) is 0.128. The predicted molar refractivity (Wildman–Crippen MR) is 73.6 cm³/mol. The van der Waals surface area contributed by atoms with E-state index < -0.39 is 5.60 Å². The van der Waals surface area contributed by atoms with Gasteiger partial charge in [0.15, 0.2) is 0 Å². The van der Waals surface area contributed by atoms with Crippen LogP contribution in [0, 0.1) is 0 Å². The Balaban J connectivity index is 2.67. The number of methoxy groups -OCH3 is 1. The van der Waals surface area contributed by atoms with Gasteiger partial charge in [-0.05, 0) is 39.2 Å². The van der Waals surface area contributed by atoms with E-state index >= 15 is 0 Å². The summed E-state index contributed by atoms with van der Waals surface area (Å²) in [7, 11) is 1.62. The Kier molecular flexibility index (Phi) is 6.09. The molecule has 1 fully saturated rings. The van der Waals surface area contributed by atoms with Crippen molar-refractivity contribution in [3.63, 3.8) is 0 Å². The highest BCUT2D eigenvalue weighted by molar-refractivity contribution is 5.84. The average molecular weight is 256 g/mol. The number of hydrogen-bond acceptors (Lipinski definition) is 3. The van der Waals surface area contributed by atoms with Gasteiger partial charge in [0.05, 0.1) is 0 Å². The van der Waals surface area contributed by atoms with Crippen molar-refractivity contribution in [2.45, 2.75) is 58.1 Å². The van der Waals surface area contributed by atoms with Gasteiger partial charge in [-0.3, -0.25) is 4.79 Å². The lowest BCUT2D eigenvalue weighted by molar-refractivity contribution is -0.153. The van der Waals surface area contributed by atoms with Gasteiger partial charge in [-0.15, -0.1) is 0 Å². The van der Waals surface area contributed by atoms with Crippen molar-refractivity contribution in [1.82, 2.24) is 10.2 Å². The topological polar surface area (TPSA) is 41.6 Å². The third-order valence-corrected chi connectivity index (χ3v) is 3.96. The van der Waals surface area contributed by atoms with Gasteiger partial charge >= 0.3 is 0 Å². The third-order valence-electron chi connectivity index (χ3n) is 3.96. The quantitative estimate of drug-likeness (QED) is 0.755. The summed E-state index contributed by atoms with van der Waals surface area (Å²) in [6, 6.07) is 0.457. The second kappa shape index (κ2) is 7.10. The summed E-state index contributed by atoms with van der Waals surface area (Å²) < 4.78 is 5.43. The van der Waals surface area contributed by atoms with Crippen LogP contribution in [0.25, 0.3) is 0 Å². The first-order chi connectivity index (χ1) is 8.57. The molecule has 1 rings (SSSR count). The van der Waals surface area contributed by atoms with E-state index in [1.54, 1.807) is 7.11 Å². The second-order valence-corrected chi connectivity index (χ2v) is 5.33. The number of carbonyl (C=O) groups is 1. The fraction of sp³-hybridized carbons (Fsp3) is 0.929. The van der Waals surface area contributed by atoms with Crippen molar-refractivity contribution in [1.29, 1.82) is 0 Å². The van der Waals surface area contributed by atoms with Crippen LogP contribution in [0.5, 0.6) is 0 Å². The van der Waals surface area contributed by atoms with Crippen LogP contribution in [0.4, 0.5) is 0 Å². The molecule has 106 valence electrons. The molecule has 0 spiro atoms. The number of nitrogens with one attached hydrogen (secondary N) is 1. The second-order valence-electron chi connectivity index (χ2n) is 5.33. The molecule has 0 bridgehead atoms. The monoisotopic (exact) mass is 256 g/mol. The zero-order chi connectivity index (χ0) is 13.6. The number of carbonyl (C=O) groups excluding carboxylic acids is 1. The van der Waals surface area contributed by atoms with E-state index in [1.807, 2.05) is 18.7 Å². The van der Waals surface area contributed by atoms with Crippen LogP contribution in [-0.2, 0) is 9.53 Å². The normalized spacial score (nSPS) is 22.8. The van der Waals surface area contributed by atoms with Gasteiger partial charge in [-0.25, -0.2) is 0 Å². The Hall–Kier alpha value is -0.610. The van der Waals surface area contributed by atoms with Crippen molar-refractivity contribution in [3.8, 4) is 0 Å². The molecular weight excluding hydrogens is 228 g/mol. The molecule has 1 amide bonds. The molecule has 0 aliphatic carbocycles. The fourth-order valence-electron chi connectivity index (χ4n) is 2.44. The molecule has 0 aromatic rings. The lowest BCUT2D eigenvalue weighted by Crippen LogP contribution is -2.51. The zero-order valence-electron chi connectivity index (χ0n) is 12.3. The smallest absolute Gasteiger partial charge is 0.254 e. The average Bonchev–Trinajstić information content (AvgIpc) is 2.89. The van der Waals surface area contributed by atoms with Crippen molar-refractivity contribution >= 4 is 5.91 Å². The molecule has 1 aliphatic rings. The van der Waals surface area contributed by atoms with Gasteiger partial charge in [-0.1, -0.05) is 13.8 Å². The van der Waals surface area contributed by atoms with Gasteiger partial charge in [0.2, 0.25) is 0 Å². The third kappa shape index (κ3) is 3.69.